The third kappa shape index (κ3) is 2.95. The van der Waals surface area contributed by atoms with Crippen LogP contribution in [0.5, 0.6) is 0 Å². The van der Waals surface area contributed by atoms with Crippen LogP contribution in [-0.4, -0.2) is 5.91 Å². The number of benzene rings is 1. The van der Waals surface area contributed by atoms with E-state index in [2.05, 4.69) is 5.32 Å². The van der Waals surface area contributed by atoms with E-state index in [0.717, 1.165) is 6.07 Å². The average molecular weight is 255 g/mol. The SMILES string of the molecule is Cc1cc(Cl)c(NC(=O)C(C)(C)C#N)cc1F. The van der Waals surface area contributed by atoms with Gasteiger partial charge in [-0.1, -0.05) is 11.6 Å². The lowest BCUT2D eigenvalue weighted by atomic mass is 9.94. The number of aryl methyl sites for hydroxylation is 1. The number of hydrogen-bond donors (Lipinski definition) is 1. The van der Waals surface area contributed by atoms with Crippen LogP contribution in [0.3, 0.4) is 0 Å². The van der Waals surface area contributed by atoms with Crippen molar-refractivity contribution in [2.45, 2.75) is 20.8 Å². The Morgan fingerprint density at radius 3 is 2.65 bits per heavy atom. The molecule has 0 radical (unpaired) electrons. The van der Waals surface area contributed by atoms with Crippen molar-refractivity contribution in [1.82, 2.24) is 0 Å². The maximum absolute atomic E-state index is 13.3. The summed E-state index contributed by atoms with van der Waals surface area (Å²) in [5, 5.41) is 11.5. The first-order valence-corrected chi connectivity index (χ1v) is 5.34. The van der Waals surface area contributed by atoms with Crippen molar-refractivity contribution in [3.8, 4) is 6.07 Å². The minimum absolute atomic E-state index is 0.170. The van der Waals surface area contributed by atoms with Crippen LogP contribution in [0.25, 0.3) is 0 Å². The quantitative estimate of drug-likeness (QED) is 0.881. The molecular formula is C12H12ClFN2O. The van der Waals surface area contributed by atoms with Crippen molar-refractivity contribution in [2.24, 2.45) is 5.41 Å². The van der Waals surface area contributed by atoms with Crippen LogP contribution in [0.15, 0.2) is 12.1 Å². The monoisotopic (exact) mass is 254 g/mol. The first-order chi connectivity index (χ1) is 7.77. The Bertz CT molecular complexity index is 506. The molecule has 0 saturated carbocycles. The number of amides is 1. The molecule has 0 bridgehead atoms. The Morgan fingerprint density at radius 1 is 1.53 bits per heavy atom. The van der Waals surface area contributed by atoms with Gasteiger partial charge < -0.3 is 5.32 Å². The lowest BCUT2D eigenvalue weighted by molar-refractivity contribution is -0.121. The predicted octanol–water partition coefficient (Wildman–Crippen LogP) is 3.28. The third-order valence-corrected chi connectivity index (χ3v) is 2.66. The van der Waals surface area contributed by atoms with Gasteiger partial charge in [-0.3, -0.25) is 4.79 Å². The number of hydrogen-bond acceptors (Lipinski definition) is 2. The zero-order valence-corrected chi connectivity index (χ0v) is 10.5. The summed E-state index contributed by atoms with van der Waals surface area (Å²) >= 11 is 5.87. The Kier molecular flexibility index (Phi) is 3.74. The molecule has 5 heteroatoms. The van der Waals surface area contributed by atoms with Gasteiger partial charge in [-0.2, -0.15) is 5.26 Å². The summed E-state index contributed by atoms with van der Waals surface area (Å²) in [6.07, 6.45) is 0. The van der Waals surface area contributed by atoms with E-state index in [4.69, 9.17) is 16.9 Å². The molecule has 90 valence electrons. The minimum Gasteiger partial charge on any atom is -0.323 e. The second-order valence-corrected chi connectivity index (χ2v) is 4.68. The van der Waals surface area contributed by atoms with Gasteiger partial charge >= 0.3 is 0 Å². The number of nitriles is 1. The fourth-order valence-corrected chi connectivity index (χ4v) is 1.34. The number of halogens is 2. The second-order valence-electron chi connectivity index (χ2n) is 4.27. The summed E-state index contributed by atoms with van der Waals surface area (Å²) in [5.41, 5.74) is -0.624. The standard InChI is InChI=1S/C12H12ClFN2O/c1-7-4-8(13)10(5-9(7)14)16-11(17)12(2,3)6-15/h4-5H,1-3H3,(H,16,17). The summed E-state index contributed by atoms with van der Waals surface area (Å²) in [5.74, 6) is -0.982. The second kappa shape index (κ2) is 4.72. The van der Waals surface area contributed by atoms with Gasteiger partial charge in [-0.25, -0.2) is 4.39 Å². The summed E-state index contributed by atoms with van der Waals surface area (Å²) in [4.78, 5) is 11.7. The van der Waals surface area contributed by atoms with E-state index in [-0.39, 0.29) is 10.7 Å². The van der Waals surface area contributed by atoms with E-state index in [1.54, 1.807) is 6.92 Å². The highest BCUT2D eigenvalue weighted by Gasteiger charge is 2.27. The van der Waals surface area contributed by atoms with Crippen LogP contribution < -0.4 is 5.32 Å². The predicted molar refractivity (Wildman–Crippen MR) is 64.2 cm³/mol. The molecule has 0 unspecified atom stereocenters. The van der Waals surface area contributed by atoms with E-state index < -0.39 is 17.1 Å². The largest absolute Gasteiger partial charge is 0.323 e. The van der Waals surface area contributed by atoms with Crippen LogP contribution in [0, 0.1) is 29.5 Å². The number of carbonyl (C=O) groups excluding carboxylic acids is 1. The lowest BCUT2D eigenvalue weighted by Gasteiger charge is -2.16. The fourth-order valence-electron chi connectivity index (χ4n) is 1.07. The molecular weight excluding hydrogens is 243 g/mol. The normalized spacial score (nSPS) is 10.8. The topological polar surface area (TPSA) is 52.9 Å². The van der Waals surface area contributed by atoms with Gasteiger partial charge in [0, 0.05) is 0 Å². The van der Waals surface area contributed by atoms with Crippen molar-refractivity contribution in [2.75, 3.05) is 5.32 Å². The Labute approximate surface area is 104 Å². The van der Waals surface area contributed by atoms with E-state index in [1.807, 2.05) is 6.07 Å². The first kappa shape index (κ1) is 13.5. The van der Waals surface area contributed by atoms with Gasteiger partial charge in [0.15, 0.2) is 0 Å². The average Bonchev–Trinajstić information content (AvgIpc) is 2.25. The van der Waals surface area contributed by atoms with E-state index in [1.165, 1.54) is 19.9 Å². The van der Waals surface area contributed by atoms with Crippen molar-refractivity contribution < 1.29 is 9.18 Å². The molecule has 0 saturated heterocycles. The molecule has 1 aromatic carbocycles. The molecule has 0 heterocycles. The number of rotatable bonds is 2. The van der Waals surface area contributed by atoms with E-state index in [9.17, 15) is 9.18 Å². The van der Waals surface area contributed by atoms with Gasteiger partial charge in [0.1, 0.15) is 11.2 Å². The zero-order valence-electron chi connectivity index (χ0n) is 9.77. The van der Waals surface area contributed by atoms with Crippen LogP contribution in [0.1, 0.15) is 19.4 Å². The van der Waals surface area contributed by atoms with Gasteiger partial charge in [0.05, 0.1) is 16.8 Å². The Hall–Kier alpha value is -1.60. The molecule has 0 atom stereocenters. The third-order valence-electron chi connectivity index (χ3n) is 2.34. The van der Waals surface area contributed by atoms with Crippen molar-refractivity contribution in [1.29, 1.82) is 5.26 Å². The van der Waals surface area contributed by atoms with Crippen molar-refractivity contribution in [3.05, 3.63) is 28.5 Å². The molecule has 0 aromatic heterocycles. The minimum atomic E-state index is -1.19. The molecule has 17 heavy (non-hydrogen) atoms. The summed E-state index contributed by atoms with van der Waals surface area (Å²) < 4.78 is 13.3. The number of nitrogens with one attached hydrogen (secondary N) is 1. The molecule has 0 aliphatic rings. The molecule has 0 fully saturated rings. The highest BCUT2D eigenvalue weighted by atomic mass is 35.5. The van der Waals surface area contributed by atoms with Crippen LogP contribution in [-0.2, 0) is 4.79 Å². The fraction of sp³-hybridized carbons (Fsp3) is 0.333. The zero-order chi connectivity index (χ0) is 13.2. The lowest BCUT2D eigenvalue weighted by Crippen LogP contribution is -2.29. The highest BCUT2D eigenvalue weighted by molar-refractivity contribution is 6.33. The van der Waals surface area contributed by atoms with Gasteiger partial charge in [0.25, 0.3) is 0 Å². The summed E-state index contributed by atoms with van der Waals surface area (Å²) in [7, 11) is 0. The van der Waals surface area contributed by atoms with Crippen molar-refractivity contribution in [3.63, 3.8) is 0 Å². The molecule has 1 aromatic rings. The first-order valence-electron chi connectivity index (χ1n) is 4.96. The van der Waals surface area contributed by atoms with Crippen LogP contribution >= 0.6 is 11.6 Å². The van der Waals surface area contributed by atoms with Gasteiger partial charge in [-0.05, 0) is 38.5 Å². The molecule has 0 spiro atoms. The molecule has 1 N–H and O–H groups in total. The smallest absolute Gasteiger partial charge is 0.244 e. The molecule has 0 aliphatic carbocycles. The van der Waals surface area contributed by atoms with E-state index >= 15 is 0 Å². The van der Waals surface area contributed by atoms with Crippen molar-refractivity contribution >= 4 is 23.2 Å². The Morgan fingerprint density at radius 2 is 2.12 bits per heavy atom. The summed E-state index contributed by atoms with van der Waals surface area (Å²) in [6.45, 7) is 4.52. The van der Waals surface area contributed by atoms with E-state index in [0.29, 0.717) is 5.56 Å². The highest BCUT2D eigenvalue weighted by Crippen LogP contribution is 2.27. The molecule has 3 nitrogen and oxygen atoms in total. The summed E-state index contributed by atoms with van der Waals surface area (Å²) in [6, 6.07) is 4.42. The maximum Gasteiger partial charge on any atom is 0.244 e. The van der Waals surface area contributed by atoms with Crippen LogP contribution in [0.4, 0.5) is 10.1 Å². The molecule has 1 rings (SSSR count). The number of nitrogens with zero attached hydrogens (tertiary/aromatic N) is 1. The van der Waals surface area contributed by atoms with Gasteiger partial charge in [0.2, 0.25) is 5.91 Å². The van der Waals surface area contributed by atoms with Crippen LogP contribution in [0.2, 0.25) is 5.02 Å². The van der Waals surface area contributed by atoms with Gasteiger partial charge in [-0.15, -0.1) is 0 Å². The maximum atomic E-state index is 13.3. The molecule has 1 amide bonds. The Balaban J connectivity index is 3.02. The number of carbonyl (C=O) groups is 1. The molecule has 0 aliphatic heterocycles. The number of anilines is 1.